The third-order valence-electron chi connectivity index (χ3n) is 4.80. The molecule has 5 heteroatoms. The van der Waals surface area contributed by atoms with Gasteiger partial charge in [0, 0.05) is 49.7 Å². The highest BCUT2D eigenvalue weighted by atomic mass is 32.1. The first kappa shape index (κ1) is 12.1. The summed E-state index contributed by atoms with van der Waals surface area (Å²) < 4.78 is 4.53. The molecule has 0 aromatic carbocycles. The van der Waals surface area contributed by atoms with Crippen molar-refractivity contribution in [3.63, 3.8) is 0 Å². The van der Waals surface area contributed by atoms with E-state index < -0.39 is 0 Å². The summed E-state index contributed by atoms with van der Waals surface area (Å²) in [5.41, 5.74) is 0. The van der Waals surface area contributed by atoms with Gasteiger partial charge in [-0.25, -0.2) is 4.98 Å². The normalized spacial score (nSPS) is 26.2. The second-order valence-electron chi connectivity index (χ2n) is 6.17. The van der Waals surface area contributed by atoms with Gasteiger partial charge in [0.1, 0.15) is 5.82 Å². The van der Waals surface area contributed by atoms with Crippen LogP contribution in [0.2, 0.25) is 0 Å². The maximum Gasteiger partial charge on any atom is 0.205 e. The van der Waals surface area contributed by atoms with Gasteiger partial charge in [0.05, 0.1) is 0 Å². The SMILES string of the molecule is C1CCC(N2CCN(c3nc(C4CC4)ns3)CC2)C1. The van der Waals surface area contributed by atoms with E-state index in [2.05, 4.69) is 14.2 Å². The van der Waals surface area contributed by atoms with Crippen LogP contribution in [0.5, 0.6) is 0 Å². The highest BCUT2D eigenvalue weighted by Crippen LogP contribution is 2.39. The Morgan fingerprint density at radius 3 is 2.37 bits per heavy atom. The molecule has 1 aromatic rings. The van der Waals surface area contributed by atoms with Crippen LogP contribution in [0.3, 0.4) is 0 Å². The average molecular weight is 278 g/mol. The van der Waals surface area contributed by atoms with Gasteiger partial charge >= 0.3 is 0 Å². The molecule has 1 aliphatic heterocycles. The Morgan fingerprint density at radius 2 is 1.68 bits per heavy atom. The van der Waals surface area contributed by atoms with Crippen molar-refractivity contribution in [2.24, 2.45) is 0 Å². The zero-order chi connectivity index (χ0) is 12.7. The largest absolute Gasteiger partial charge is 0.344 e. The van der Waals surface area contributed by atoms with Crippen molar-refractivity contribution in [1.29, 1.82) is 0 Å². The van der Waals surface area contributed by atoms with E-state index in [1.54, 1.807) is 11.5 Å². The van der Waals surface area contributed by atoms with Gasteiger partial charge < -0.3 is 4.90 Å². The summed E-state index contributed by atoms with van der Waals surface area (Å²) in [4.78, 5) is 9.87. The van der Waals surface area contributed by atoms with E-state index in [9.17, 15) is 0 Å². The molecular formula is C14H22N4S. The molecule has 0 radical (unpaired) electrons. The maximum atomic E-state index is 4.73. The van der Waals surface area contributed by atoms with Crippen molar-refractivity contribution in [1.82, 2.24) is 14.3 Å². The summed E-state index contributed by atoms with van der Waals surface area (Å²) in [5, 5.41) is 1.16. The average Bonchev–Trinajstić information content (AvgIpc) is 2.97. The third kappa shape index (κ3) is 2.50. The van der Waals surface area contributed by atoms with Gasteiger partial charge in [-0.05, 0) is 25.7 Å². The second kappa shape index (κ2) is 5.02. The Hall–Kier alpha value is -0.680. The Labute approximate surface area is 119 Å². The number of nitrogens with zero attached hydrogens (tertiary/aromatic N) is 4. The quantitative estimate of drug-likeness (QED) is 0.850. The number of hydrogen-bond acceptors (Lipinski definition) is 5. The van der Waals surface area contributed by atoms with E-state index in [-0.39, 0.29) is 0 Å². The van der Waals surface area contributed by atoms with Crippen molar-refractivity contribution in [3.05, 3.63) is 5.82 Å². The van der Waals surface area contributed by atoms with Crippen LogP contribution >= 0.6 is 11.5 Å². The molecule has 0 spiro atoms. The Bertz CT molecular complexity index is 428. The van der Waals surface area contributed by atoms with Gasteiger partial charge in [-0.15, -0.1) is 0 Å². The molecular weight excluding hydrogens is 256 g/mol. The van der Waals surface area contributed by atoms with E-state index in [1.165, 1.54) is 51.6 Å². The lowest BCUT2D eigenvalue weighted by atomic mass is 10.2. The monoisotopic (exact) mass is 278 g/mol. The lowest BCUT2D eigenvalue weighted by molar-refractivity contribution is 0.187. The minimum atomic E-state index is 0.685. The van der Waals surface area contributed by atoms with Crippen LogP contribution < -0.4 is 4.90 Å². The highest BCUT2D eigenvalue weighted by Gasteiger charge is 2.30. The maximum absolute atomic E-state index is 4.73. The van der Waals surface area contributed by atoms with E-state index >= 15 is 0 Å². The van der Waals surface area contributed by atoms with Crippen LogP contribution in [0.1, 0.15) is 50.3 Å². The summed E-state index contributed by atoms with van der Waals surface area (Å²) >= 11 is 1.60. The highest BCUT2D eigenvalue weighted by molar-refractivity contribution is 7.09. The smallest absolute Gasteiger partial charge is 0.205 e. The fraction of sp³-hybridized carbons (Fsp3) is 0.857. The lowest BCUT2D eigenvalue weighted by Gasteiger charge is -2.37. The van der Waals surface area contributed by atoms with Crippen LogP contribution in [-0.2, 0) is 0 Å². The summed E-state index contributed by atoms with van der Waals surface area (Å²) in [6, 6.07) is 0.874. The van der Waals surface area contributed by atoms with Crippen molar-refractivity contribution >= 4 is 16.7 Å². The predicted molar refractivity (Wildman–Crippen MR) is 77.9 cm³/mol. The molecule has 2 aliphatic carbocycles. The molecule has 1 saturated heterocycles. The minimum Gasteiger partial charge on any atom is -0.344 e. The molecule has 3 fully saturated rings. The topological polar surface area (TPSA) is 32.3 Å². The van der Waals surface area contributed by atoms with Crippen molar-refractivity contribution in [2.45, 2.75) is 50.5 Å². The number of anilines is 1. The molecule has 3 aliphatic rings. The van der Waals surface area contributed by atoms with Gasteiger partial charge in [-0.2, -0.15) is 4.37 Å². The number of rotatable bonds is 3. The van der Waals surface area contributed by atoms with Gasteiger partial charge in [0.25, 0.3) is 0 Å². The van der Waals surface area contributed by atoms with Crippen molar-refractivity contribution in [2.75, 3.05) is 31.1 Å². The molecule has 19 heavy (non-hydrogen) atoms. The minimum absolute atomic E-state index is 0.685. The van der Waals surface area contributed by atoms with Gasteiger partial charge in [0.2, 0.25) is 5.13 Å². The molecule has 0 unspecified atom stereocenters. The molecule has 104 valence electrons. The number of hydrogen-bond donors (Lipinski definition) is 0. The summed E-state index contributed by atoms with van der Waals surface area (Å²) in [5.74, 6) is 1.79. The van der Waals surface area contributed by atoms with Crippen LogP contribution in [0.25, 0.3) is 0 Å². The first-order valence-corrected chi connectivity index (χ1v) is 8.50. The molecule has 4 rings (SSSR count). The van der Waals surface area contributed by atoms with Crippen LogP contribution in [0, 0.1) is 0 Å². The Morgan fingerprint density at radius 1 is 0.947 bits per heavy atom. The number of piperazine rings is 1. The zero-order valence-electron chi connectivity index (χ0n) is 11.4. The Balaban J connectivity index is 1.36. The van der Waals surface area contributed by atoms with E-state index in [1.807, 2.05) is 0 Å². The number of aromatic nitrogens is 2. The second-order valence-corrected chi connectivity index (χ2v) is 6.90. The predicted octanol–water partition coefficient (Wildman–Crippen LogP) is 2.48. The lowest BCUT2D eigenvalue weighted by Crippen LogP contribution is -2.49. The molecule has 0 bridgehead atoms. The standard InChI is InChI=1S/C14H22N4S/c1-2-4-12(3-1)17-7-9-18(10-8-17)14-15-13(16-19-14)11-5-6-11/h11-12H,1-10H2. The zero-order valence-corrected chi connectivity index (χ0v) is 12.2. The Kier molecular flexibility index (Phi) is 3.19. The molecule has 4 nitrogen and oxygen atoms in total. The van der Waals surface area contributed by atoms with Gasteiger partial charge in [-0.1, -0.05) is 12.8 Å². The molecule has 2 saturated carbocycles. The van der Waals surface area contributed by atoms with Crippen LogP contribution in [-0.4, -0.2) is 46.5 Å². The van der Waals surface area contributed by atoms with Crippen LogP contribution in [0.4, 0.5) is 5.13 Å². The first-order valence-electron chi connectivity index (χ1n) is 7.73. The van der Waals surface area contributed by atoms with Gasteiger partial charge in [-0.3, -0.25) is 4.90 Å². The van der Waals surface area contributed by atoms with Crippen molar-refractivity contribution in [3.8, 4) is 0 Å². The van der Waals surface area contributed by atoms with Crippen molar-refractivity contribution < 1.29 is 0 Å². The molecule has 0 N–H and O–H groups in total. The van der Waals surface area contributed by atoms with Gasteiger partial charge in [0.15, 0.2) is 0 Å². The van der Waals surface area contributed by atoms with Crippen LogP contribution in [0.15, 0.2) is 0 Å². The summed E-state index contributed by atoms with van der Waals surface area (Å²) in [6.07, 6.45) is 8.31. The fourth-order valence-corrected chi connectivity index (χ4v) is 4.21. The van der Waals surface area contributed by atoms with E-state index in [0.29, 0.717) is 5.92 Å². The fourth-order valence-electron chi connectivity index (χ4n) is 3.41. The summed E-state index contributed by atoms with van der Waals surface area (Å²) in [7, 11) is 0. The molecule has 0 atom stereocenters. The van der Waals surface area contributed by atoms with E-state index in [4.69, 9.17) is 4.98 Å². The summed E-state index contributed by atoms with van der Waals surface area (Å²) in [6.45, 7) is 4.69. The molecule has 2 heterocycles. The molecule has 1 aromatic heterocycles. The molecule has 0 amide bonds. The third-order valence-corrected chi connectivity index (χ3v) is 5.59. The first-order chi connectivity index (χ1) is 9.40. The van der Waals surface area contributed by atoms with E-state index in [0.717, 1.165) is 30.1 Å².